The predicted octanol–water partition coefficient (Wildman–Crippen LogP) is 1.40. The molecule has 1 fully saturated rings. The van der Waals surface area contributed by atoms with Crippen LogP contribution in [0.3, 0.4) is 0 Å². The normalized spacial score (nSPS) is 19.5. The van der Waals surface area contributed by atoms with Crippen LogP contribution in [0.2, 0.25) is 0 Å². The minimum Gasteiger partial charge on any atom is -0.352 e. The zero-order valence-electron chi connectivity index (χ0n) is 9.36. The van der Waals surface area contributed by atoms with E-state index in [1.54, 1.807) is 0 Å². The Hall–Kier alpha value is 0.0700. The molecule has 0 aromatic carbocycles. The van der Waals surface area contributed by atoms with Gasteiger partial charge >= 0.3 is 0 Å². The number of carbonyl (C=O) groups excluding carboxylic acids is 1. The van der Waals surface area contributed by atoms with Gasteiger partial charge in [-0.1, -0.05) is 13.8 Å². The quantitative estimate of drug-likeness (QED) is 0.799. The summed E-state index contributed by atoms with van der Waals surface area (Å²) in [5.74, 6) is 2.54. The van der Waals surface area contributed by atoms with Crippen molar-refractivity contribution >= 4 is 30.1 Å². The van der Waals surface area contributed by atoms with Gasteiger partial charge in [-0.05, 0) is 30.3 Å². The van der Waals surface area contributed by atoms with Crippen LogP contribution in [0, 0.1) is 5.92 Å². The number of rotatable bonds is 3. The molecule has 0 saturated carbocycles. The number of amides is 1. The molecule has 15 heavy (non-hydrogen) atoms. The number of hydrogen-bond donors (Lipinski definition) is 2. The molecule has 1 aliphatic rings. The zero-order valence-corrected chi connectivity index (χ0v) is 11.0. The van der Waals surface area contributed by atoms with Crippen LogP contribution >= 0.6 is 24.2 Å². The van der Waals surface area contributed by atoms with Crippen LogP contribution in [0.25, 0.3) is 0 Å². The van der Waals surface area contributed by atoms with Crippen LogP contribution in [0.4, 0.5) is 0 Å². The molecular weight excluding hydrogens is 232 g/mol. The van der Waals surface area contributed by atoms with E-state index in [9.17, 15) is 4.79 Å². The molecule has 0 aliphatic carbocycles. The van der Waals surface area contributed by atoms with Crippen LogP contribution in [-0.2, 0) is 4.79 Å². The Morgan fingerprint density at radius 2 is 1.93 bits per heavy atom. The fourth-order valence-corrected chi connectivity index (χ4v) is 2.55. The molecule has 0 radical (unpaired) electrons. The van der Waals surface area contributed by atoms with Crippen LogP contribution in [0.15, 0.2) is 0 Å². The van der Waals surface area contributed by atoms with Gasteiger partial charge in [-0.25, -0.2) is 0 Å². The Balaban J connectivity index is 0.00000196. The highest BCUT2D eigenvalue weighted by Gasteiger charge is 2.21. The van der Waals surface area contributed by atoms with Crippen LogP contribution in [-0.4, -0.2) is 29.5 Å². The standard InChI is InChI=1S/C10H20N2OS.ClH/c1-7(2)9(11)10(13)12-8-3-5-14-6-4-8;/h7-9H,3-6,11H2,1-2H3,(H,12,13);1H/t9-;/m0./s1. The Morgan fingerprint density at radius 3 is 2.40 bits per heavy atom. The molecule has 1 aliphatic heterocycles. The fraction of sp³-hybridized carbons (Fsp3) is 0.900. The number of carbonyl (C=O) groups is 1. The monoisotopic (exact) mass is 252 g/mol. The van der Waals surface area contributed by atoms with Gasteiger partial charge in [0, 0.05) is 6.04 Å². The van der Waals surface area contributed by atoms with Gasteiger partial charge in [-0.3, -0.25) is 4.79 Å². The van der Waals surface area contributed by atoms with E-state index in [4.69, 9.17) is 5.73 Å². The maximum Gasteiger partial charge on any atom is 0.237 e. The molecular formula is C10H21ClN2OS. The first-order valence-electron chi connectivity index (χ1n) is 5.25. The van der Waals surface area contributed by atoms with Gasteiger partial charge in [0.1, 0.15) is 0 Å². The van der Waals surface area contributed by atoms with Crippen molar-refractivity contribution < 1.29 is 4.79 Å². The Kier molecular flexibility index (Phi) is 7.40. The summed E-state index contributed by atoms with van der Waals surface area (Å²) < 4.78 is 0. The van der Waals surface area contributed by atoms with E-state index in [1.807, 2.05) is 25.6 Å². The largest absolute Gasteiger partial charge is 0.352 e. The first kappa shape index (κ1) is 15.1. The van der Waals surface area contributed by atoms with Crippen molar-refractivity contribution in [1.82, 2.24) is 5.32 Å². The van der Waals surface area contributed by atoms with Crippen molar-refractivity contribution in [2.75, 3.05) is 11.5 Å². The molecule has 3 nitrogen and oxygen atoms in total. The minimum atomic E-state index is -0.357. The van der Waals surface area contributed by atoms with Gasteiger partial charge in [0.25, 0.3) is 0 Å². The van der Waals surface area contributed by atoms with E-state index in [-0.39, 0.29) is 30.3 Å². The number of nitrogens with one attached hydrogen (secondary N) is 1. The first-order chi connectivity index (χ1) is 6.61. The third-order valence-corrected chi connectivity index (χ3v) is 3.64. The topological polar surface area (TPSA) is 55.1 Å². The number of thioether (sulfide) groups is 1. The molecule has 1 heterocycles. The van der Waals surface area contributed by atoms with E-state index >= 15 is 0 Å². The summed E-state index contributed by atoms with van der Waals surface area (Å²) in [6, 6.07) is -0.00173. The number of nitrogens with two attached hydrogens (primary N) is 1. The van der Waals surface area contributed by atoms with Gasteiger partial charge in [-0.2, -0.15) is 11.8 Å². The van der Waals surface area contributed by atoms with Crippen molar-refractivity contribution in [2.45, 2.75) is 38.8 Å². The molecule has 90 valence electrons. The summed E-state index contributed by atoms with van der Waals surface area (Å²) in [5.41, 5.74) is 5.76. The Bertz CT molecular complexity index is 196. The maximum absolute atomic E-state index is 11.6. The summed E-state index contributed by atoms with van der Waals surface area (Å²) in [4.78, 5) is 11.6. The lowest BCUT2D eigenvalue weighted by Crippen LogP contribution is -2.48. The smallest absolute Gasteiger partial charge is 0.237 e. The summed E-state index contributed by atoms with van der Waals surface area (Å²) in [7, 11) is 0. The Morgan fingerprint density at radius 1 is 1.40 bits per heavy atom. The highest BCUT2D eigenvalue weighted by atomic mass is 35.5. The second-order valence-electron chi connectivity index (χ2n) is 4.17. The molecule has 3 N–H and O–H groups in total. The lowest BCUT2D eigenvalue weighted by Gasteiger charge is -2.25. The molecule has 1 rings (SSSR count). The van der Waals surface area contributed by atoms with E-state index in [1.165, 1.54) is 0 Å². The zero-order chi connectivity index (χ0) is 10.6. The molecule has 5 heteroatoms. The molecule has 1 amide bonds. The highest BCUT2D eigenvalue weighted by molar-refractivity contribution is 7.99. The predicted molar refractivity (Wildman–Crippen MR) is 68.6 cm³/mol. The molecule has 0 bridgehead atoms. The van der Waals surface area contributed by atoms with E-state index < -0.39 is 0 Å². The molecule has 0 spiro atoms. The van der Waals surface area contributed by atoms with E-state index in [0.717, 1.165) is 24.3 Å². The fourth-order valence-electron chi connectivity index (χ4n) is 1.44. The van der Waals surface area contributed by atoms with Crippen LogP contribution in [0.1, 0.15) is 26.7 Å². The first-order valence-corrected chi connectivity index (χ1v) is 6.40. The van der Waals surface area contributed by atoms with Crippen molar-refractivity contribution in [3.63, 3.8) is 0 Å². The summed E-state index contributed by atoms with van der Waals surface area (Å²) in [6.45, 7) is 3.95. The van der Waals surface area contributed by atoms with Crippen molar-refractivity contribution in [3.8, 4) is 0 Å². The minimum absolute atomic E-state index is 0. The van der Waals surface area contributed by atoms with Gasteiger partial charge in [0.2, 0.25) is 5.91 Å². The third-order valence-electron chi connectivity index (χ3n) is 2.59. The van der Waals surface area contributed by atoms with Gasteiger partial charge in [0.05, 0.1) is 6.04 Å². The highest BCUT2D eigenvalue weighted by Crippen LogP contribution is 2.17. The van der Waals surface area contributed by atoms with E-state index in [0.29, 0.717) is 6.04 Å². The molecule has 0 aromatic heterocycles. The lowest BCUT2D eigenvalue weighted by atomic mass is 10.0. The number of hydrogen-bond acceptors (Lipinski definition) is 3. The summed E-state index contributed by atoms with van der Waals surface area (Å²) in [6.07, 6.45) is 2.17. The van der Waals surface area contributed by atoms with Crippen molar-refractivity contribution in [1.29, 1.82) is 0 Å². The molecule has 0 aromatic rings. The average Bonchev–Trinajstić information content (AvgIpc) is 2.18. The second-order valence-corrected chi connectivity index (χ2v) is 5.39. The van der Waals surface area contributed by atoms with Crippen LogP contribution < -0.4 is 11.1 Å². The Labute approximate surface area is 102 Å². The second kappa shape index (κ2) is 7.36. The number of halogens is 1. The van der Waals surface area contributed by atoms with Gasteiger partial charge in [-0.15, -0.1) is 12.4 Å². The van der Waals surface area contributed by atoms with E-state index in [2.05, 4.69) is 5.32 Å². The maximum atomic E-state index is 11.6. The molecule has 0 unspecified atom stereocenters. The summed E-state index contributed by atoms with van der Waals surface area (Å²) >= 11 is 1.96. The van der Waals surface area contributed by atoms with Gasteiger partial charge < -0.3 is 11.1 Å². The van der Waals surface area contributed by atoms with Crippen molar-refractivity contribution in [3.05, 3.63) is 0 Å². The van der Waals surface area contributed by atoms with Gasteiger partial charge in [0.15, 0.2) is 0 Å². The molecule has 1 saturated heterocycles. The summed E-state index contributed by atoms with van der Waals surface area (Å²) in [5, 5.41) is 3.02. The average molecular weight is 253 g/mol. The SMILES string of the molecule is CC(C)[C@H](N)C(=O)NC1CCSCC1.Cl. The van der Waals surface area contributed by atoms with Crippen LogP contribution in [0.5, 0.6) is 0 Å². The third kappa shape index (κ3) is 5.09. The lowest BCUT2D eigenvalue weighted by molar-refractivity contribution is -0.124. The molecule has 1 atom stereocenters. The van der Waals surface area contributed by atoms with Crippen molar-refractivity contribution in [2.24, 2.45) is 11.7 Å².